The summed E-state index contributed by atoms with van der Waals surface area (Å²) in [6.45, 7) is 0. The van der Waals surface area contributed by atoms with E-state index in [1.165, 1.54) is 18.6 Å². The summed E-state index contributed by atoms with van der Waals surface area (Å²) in [6, 6.07) is 3.64. The minimum Gasteiger partial charge on any atom is -0.496 e. The van der Waals surface area contributed by atoms with Gasteiger partial charge in [-0.15, -0.1) is 11.3 Å². The average Bonchev–Trinajstić information content (AvgIpc) is 2.90. The van der Waals surface area contributed by atoms with Crippen LogP contribution in [0.4, 0.5) is 8.78 Å². The number of aromatic carboxylic acids is 1. The van der Waals surface area contributed by atoms with Crippen LogP contribution in [0.5, 0.6) is 5.75 Å². The number of ether oxygens (including phenoxy) is 1. The number of aromatic nitrogens is 1. The van der Waals surface area contributed by atoms with Crippen LogP contribution in [0.3, 0.4) is 0 Å². The fourth-order valence-corrected chi connectivity index (χ4v) is 3.61. The van der Waals surface area contributed by atoms with E-state index in [0.717, 1.165) is 23.5 Å². The van der Waals surface area contributed by atoms with Crippen LogP contribution in [-0.2, 0) is 0 Å². The number of hydrogen-bond acceptors (Lipinski definition) is 4. The number of halogens is 3. The van der Waals surface area contributed by atoms with E-state index in [-0.39, 0.29) is 27.5 Å². The predicted molar refractivity (Wildman–Crippen MR) is 83.5 cm³/mol. The Balaban J connectivity index is 2.47. The van der Waals surface area contributed by atoms with E-state index in [4.69, 9.17) is 16.3 Å². The molecule has 3 rings (SSSR count). The van der Waals surface area contributed by atoms with Crippen molar-refractivity contribution in [3.63, 3.8) is 0 Å². The Morgan fingerprint density at radius 1 is 1.39 bits per heavy atom. The molecule has 0 aliphatic carbocycles. The largest absolute Gasteiger partial charge is 0.496 e. The number of carboxylic acids is 1. The van der Waals surface area contributed by atoms with Gasteiger partial charge in [0.1, 0.15) is 22.5 Å². The van der Waals surface area contributed by atoms with Gasteiger partial charge in [-0.2, -0.15) is 0 Å². The molecule has 1 N–H and O–H groups in total. The molecule has 0 atom stereocenters. The van der Waals surface area contributed by atoms with Gasteiger partial charge in [-0.3, -0.25) is 0 Å². The van der Waals surface area contributed by atoms with Gasteiger partial charge in [0.2, 0.25) is 0 Å². The predicted octanol–water partition coefficient (Wildman–Crippen LogP) is 4.60. The first-order valence-corrected chi connectivity index (χ1v) is 7.53. The Kier molecular flexibility index (Phi) is 3.91. The van der Waals surface area contributed by atoms with Crippen LogP contribution in [0, 0.1) is 11.6 Å². The highest BCUT2D eigenvalue weighted by molar-refractivity contribution is 7.18. The summed E-state index contributed by atoms with van der Waals surface area (Å²) >= 11 is 6.90. The van der Waals surface area contributed by atoms with E-state index >= 15 is 0 Å². The van der Waals surface area contributed by atoms with Gasteiger partial charge in [-0.05, 0) is 12.1 Å². The number of thiophene rings is 1. The fraction of sp³-hybridized carbons (Fsp3) is 0.0667. The first-order valence-electron chi connectivity index (χ1n) is 6.27. The second-order valence-corrected chi connectivity index (χ2v) is 5.80. The molecule has 0 fully saturated rings. The molecule has 0 unspecified atom stereocenters. The minimum atomic E-state index is -1.33. The molecule has 3 aromatic rings. The van der Waals surface area contributed by atoms with Crippen molar-refractivity contribution in [2.24, 2.45) is 0 Å². The number of hydrogen-bond donors (Lipinski definition) is 1. The van der Waals surface area contributed by atoms with E-state index in [0.29, 0.717) is 10.3 Å². The quantitative estimate of drug-likeness (QED) is 0.697. The lowest BCUT2D eigenvalue weighted by atomic mass is 10.0. The van der Waals surface area contributed by atoms with Crippen molar-refractivity contribution in [1.29, 1.82) is 0 Å². The maximum atomic E-state index is 13.9. The van der Waals surface area contributed by atoms with Crippen molar-refractivity contribution in [3.05, 3.63) is 46.1 Å². The number of benzene rings is 1. The number of methoxy groups -OCH3 is 1. The van der Waals surface area contributed by atoms with E-state index in [1.807, 2.05) is 0 Å². The number of fused-ring (bicyclic) bond motifs is 1. The number of nitrogens with zero attached hydrogens (tertiary/aromatic N) is 1. The molecular formula is C15H8ClF2NO3S. The molecule has 0 aliphatic rings. The molecule has 2 aromatic heterocycles. The molecule has 4 nitrogen and oxygen atoms in total. The van der Waals surface area contributed by atoms with Gasteiger partial charge in [0.25, 0.3) is 0 Å². The van der Waals surface area contributed by atoms with Crippen molar-refractivity contribution in [3.8, 4) is 16.9 Å². The van der Waals surface area contributed by atoms with E-state index in [1.54, 1.807) is 0 Å². The first kappa shape index (κ1) is 15.6. The minimum absolute atomic E-state index is 0.0306. The molecule has 1 aromatic carbocycles. The van der Waals surface area contributed by atoms with Crippen LogP contribution < -0.4 is 4.74 Å². The molecule has 8 heteroatoms. The SMILES string of the molecule is COc1cc(F)ccc1-c1c(C(=O)O)nc(Cl)c2c(F)csc12. The zero-order valence-corrected chi connectivity index (χ0v) is 13.1. The van der Waals surface area contributed by atoms with Crippen molar-refractivity contribution >= 4 is 39.0 Å². The number of carbonyl (C=O) groups is 1. The summed E-state index contributed by atoms with van der Waals surface area (Å²) in [4.78, 5) is 15.3. The summed E-state index contributed by atoms with van der Waals surface area (Å²) in [7, 11) is 1.33. The van der Waals surface area contributed by atoms with Crippen molar-refractivity contribution < 1.29 is 23.4 Å². The number of carboxylic acid groups (broad SMARTS) is 1. The van der Waals surface area contributed by atoms with Gasteiger partial charge < -0.3 is 9.84 Å². The number of pyridine rings is 1. The Morgan fingerprint density at radius 2 is 2.13 bits per heavy atom. The molecule has 0 amide bonds. The van der Waals surface area contributed by atoms with Crippen LogP contribution >= 0.6 is 22.9 Å². The zero-order chi connectivity index (χ0) is 16.7. The third-order valence-electron chi connectivity index (χ3n) is 3.26. The molecule has 118 valence electrons. The molecule has 0 spiro atoms. The van der Waals surface area contributed by atoms with Gasteiger partial charge in [-0.25, -0.2) is 18.6 Å². The summed E-state index contributed by atoms with van der Waals surface area (Å²) in [5.74, 6) is -2.35. The maximum absolute atomic E-state index is 13.9. The van der Waals surface area contributed by atoms with Gasteiger partial charge >= 0.3 is 5.97 Å². The molecule has 0 radical (unpaired) electrons. The van der Waals surface area contributed by atoms with Crippen LogP contribution in [0.1, 0.15) is 10.5 Å². The second-order valence-electron chi connectivity index (χ2n) is 4.56. The highest BCUT2D eigenvalue weighted by Crippen LogP contribution is 2.42. The maximum Gasteiger partial charge on any atom is 0.355 e. The highest BCUT2D eigenvalue weighted by atomic mass is 35.5. The Morgan fingerprint density at radius 3 is 2.78 bits per heavy atom. The molecule has 0 saturated carbocycles. The monoisotopic (exact) mass is 355 g/mol. The normalized spacial score (nSPS) is 11.0. The van der Waals surface area contributed by atoms with E-state index < -0.39 is 17.6 Å². The molecule has 0 saturated heterocycles. The van der Waals surface area contributed by atoms with Gasteiger partial charge in [0, 0.05) is 22.6 Å². The molecule has 23 heavy (non-hydrogen) atoms. The molecule has 0 bridgehead atoms. The van der Waals surface area contributed by atoms with Gasteiger partial charge in [-0.1, -0.05) is 11.6 Å². The van der Waals surface area contributed by atoms with Crippen LogP contribution in [-0.4, -0.2) is 23.2 Å². The molecule has 2 heterocycles. The fourth-order valence-electron chi connectivity index (χ4n) is 2.31. The second kappa shape index (κ2) is 5.75. The van der Waals surface area contributed by atoms with Crippen LogP contribution in [0.25, 0.3) is 21.2 Å². The average molecular weight is 356 g/mol. The zero-order valence-electron chi connectivity index (χ0n) is 11.6. The molecular weight excluding hydrogens is 348 g/mol. The summed E-state index contributed by atoms with van der Waals surface area (Å²) in [5, 5.41) is 10.4. The topological polar surface area (TPSA) is 59.4 Å². The summed E-state index contributed by atoms with van der Waals surface area (Å²) < 4.78 is 32.8. The molecule has 0 aliphatic heterocycles. The Labute approximate surface area is 137 Å². The lowest BCUT2D eigenvalue weighted by Gasteiger charge is -2.12. The smallest absolute Gasteiger partial charge is 0.355 e. The lowest BCUT2D eigenvalue weighted by molar-refractivity contribution is 0.0691. The van der Waals surface area contributed by atoms with Gasteiger partial charge in [0.15, 0.2) is 5.69 Å². The van der Waals surface area contributed by atoms with Crippen LogP contribution in [0.2, 0.25) is 5.15 Å². The first-order chi connectivity index (χ1) is 10.9. The van der Waals surface area contributed by atoms with Crippen LogP contribution in [0.15, 0.2) is 23.6 Å². The number of rotatable bonds is 3. The third kappa shape index (κ3) is 2.51. The van der Waals surface area contributed by atoms with Gasteiger partial charge in [0.05, 0.1) is 17.2 Å². The standard InChI is InChI=1S/C15H8ClF2NO3S/c1-22-9-4-6(17)2-3-7(9)10-12(15(20)21)19-14(16)11-8(18)5-23-13(10)11/h2-5H,1H3,(H,20,21). The highest BCUT2D eigenvalue weighted by Gasteiger charge is 2.25. The van der Waals surface area contributed by atoms with Crippen molar-refractivity contribution in [2.45, 2.75) is 0 Å². The van der Waals surface area contributed by atoms with Crippen molar-refractivity contribution in [2.75, 3.05) is 7.11 Å². The Bertz CT molecular complexity index is 942. The lowest BCUT2D eigenvalue weighted by Crippen LogP contribution is -2.05. The van der Waals surface area contributed by atoms with E-state index in [9.17, 15) is 18.7 Å². The Hall–Kier alpha value is -2.25. The van der Waals surface area contributed by atoms with Crippen molar-refractivity contribution in [1.82, 2.24) is 4.98 Å². The van der Waals surface area contributed by atoms with E-state index in [2.05, 4.69) is 4.98 Å². The summed E-state index contributed by atoms with van der Waals surface area (Å²) in [5.41, 5.74) is 0.0826. The summed E-state index contributed by atoms with van der Waals surface area (Å²) in [6.07, 6.45) is 0. The third-order valence-corrected chi connectivity index (χ3v) is 4.50.